The van der Waals surface area contributed by atoms with Crippen LogP contribution in [0.3, 0.4) is 0 Å². The Kier molecular flexibility index (Phi) is 4.70. The second-order valence-electron chi connectivity index (χ2n) is 4.40. The predicted octanol–water partition coefficient (Wildman–Crippen LogP) is 4.59. The van der Waals surface area contributed by atoms with Crippen LogP contribution >= 0.6 is 23.2 Å². The van der Waals surface area contributed by atoms with Gasteiger partial charge in [-0.15, -0.1) is 0 Å². The zero-order chi connectivity index (χ0) is 13.8. The average molecular weight is 296 g/mol. The quantitative estimate of drug-likeness (QED) is 0.895. The van der Waals surface area contributed by atoms with Crippen molar-refractivity contribution in [2.45, 2.75) is 19.6 Å². The lowest BCUT2D eigenvalue weighted by Crippen LogP contribution is -2.05. The minimum Gasteiger partial charge on any atom is -0.487 e. The molecule has 0 aliphatic carbocycles. The summed E-state index contributed by atoms with van der Waals surface area (Å²) in [7, 11) is 0. The molecular weight excluding hydrogens is 281 g/mol. The van der Waals surface area contributed by atoms with Crippen LogP contribution in [0.25, 0.3) is 0 Å². The van der Waals surface area contributed by atoms with Crippen molar-refractivity contribution in [3.63, 3.8) is 0 Å². The first-order chi connectivity index (χ1) is 9.06. The molecule has 100 valence electrons. The van der Waals surface area contributed by atoms with Crippen LogP contribution in [0.1, 0.15) is 24.1 Å². The zero-order valence-electron chi connectivity index (χ0n) is 10.6. The Morgan fingerprint density at radius 3 is 2.58 bits per heavy atom. The van der Waals surface area contributed by atoms with Crippen molar-refractivity contribution >= 4 is 23.2 Å². The fourth-order valence-corrected chi connectivity index (χ4v) is 2.16. The maximum absolute atomic E-state index is 6.16. The molecule has 1 atom stereocenters. The molecule has 19 heavy (non-hydrogen) atoms. The van der Waals surface area contributed by atoms with Gasteiger partial charge in [0.05, 0.1) is 5.02 Å². The Balaban J connectivity index is 2.07. The van der Waals surface area contributed by atoms with Gasteiger partial charge >= 0.3 is 0 Å². The second-order valence-corrected chi connectivity index (χ2v) is 5.24. The third-order valence-corrected chi connectivity index (χ3v) is 3.30. The van der Waals surface area contributed by atoms with Crippen molar-refractivity contribution in [2.24, 2.45) is 5.73 Å². The average Bonchev–Trinajstić information content (AvgIpc) is 2.37. The van der Waals surface area contributed by atoms with Gasteiger partial charge in [-0.05, 0) is 42.3 Å². The van der Waals surface area contributed by atoms with Gasteiger partial charge < -0.3 is 10.5 Å². The molecule has 4 heteroatoms. The van der Waals surface area contributed by atoms with Gasteiger partial charge in [-0.1, -0.05) is 41.4 Å². The van der Waals surface area contributed by atoms with Gasteiger partial charge in [0.2, 0.25) is 0 Å². The molecule has 0 amide bonds. The van der Waals surface area contributed by atoms with Crippen LogP contribution in [-0.4, -0.2) is 0 Å². The van der Waals surface area contributed by atoms with Gasteiger partial charge in [0.25, 0.3) is 0 Å². The van der Waals surface area contributed by atoms with Crippen LogP contribution in [0, 0.1) is 0 Å². The first-order valence-electron chi connectivity index (χ1n) is 5.98. The Morgan fingerprint density at radius 1 is 1.16 bits per heavy atom. The molecule has 0 spiro atoms. The highest BCUT2D eigenvalue weighted by molar-refractivity contribution is 6.32. The molecule has 0 aliphatic rings. The molecule has 0 fully saturated rings. The van der Waals surface area contributed by atoms with E-state index >= 15 is 0 Å². The molecule has 0 radical (unpaired) electrons. The fraction of sp³-hybridized carbons (Fsp3) is 0.200. The van der Waals surface area contributed by atoms with E-state index in [-0.39, 0.29) is 6.04 Å². The minimum absolute atomic E-state index is 0.0421. The fourth-order valence-electron chi connectivity index (χ4n) is 1.71. The molecule has 2 aromatic carbocycles. The molecule has 2 nitrogen and oxygen atoms in total. The van der Waals surface area contributed by atoms with Crippen LogP contribution in [0.2, 0.25) is 10.0 Å². The lowest BCUT2D eigenvalue weighted by Gasteiger charge is -2.11. The highest BCUT2D eigenvalue weighted by Crippen LogP contribution is 2.28. The monoisotopic (exact) mass is 295 g/mol. The van der Waals surface area contributed by atoms with E-state index < -0.39 is 0 Å². The first-order valence-corrected chi connectivity index (χ1v) is 6.74. The van der Waals surface area contributed by atoms with Gasteiger partial charge in [-0.25, -0.2) is 0 Å². The predicted molar refractivity (Wildman–Crippen MR) is 79.8 cm³/mol. The van der Waals surface area contributed by atoms with Crippen molar-refractivity contribution in [3.8, 4) is 5.75 Å². The number of nitrogens with two attached hydrogens (primary N) is 1. The smallest absolute Gasteiger partial charge is 0.138 e. The van der Waals surface area contributed by atoms with Gasteiger partial charge in [0, 0.05) is 11.1 Å². The van der Waals surface area contributed by atoms with E-state index in [4.69, 9.17) is 33.7 Å². The minimum atomic E-state index is -0.0421. The Morgan fingerprint density at radius 2 is 1.95 bits per heavy atom. The Hall–Kier alpha value is -1.22. The third kappa shape index (κ3) is 3.87. The maximum Gasteiger partial charge on any atom is 0.138 e. The van der Waals surface area contributed by atoms with Crippen molar-refractivity contribution in [2.75, 3.05) is 0 Å². The summed E-state index contributed by atoms with van der Waals surface area (Å²) in [6, 6.07) is 13.1. The molecule has 0 aromatic heterocycles. The molecule has 2 aromatic rings. The summed E-state index contributed by atoms with van der Waals surface area (Å²) in [6.07, 6.45) is 0. The van der Waals surface area contributed by atoms with Gasteiger partial charge in [-0.3, -0.25) is 0 Å². The van der Waals surface area contributed by atoms with E-state index in [1.54, 1.807) is 0 Å². The van der Waals surface area contributed by atoms with E-state index in [1.807, 2.05) is 49.4 Å². The highest BCUT2D eigenvalue weighted by Gasteiger charge is 2.06. The molecule has 0 bridgehead atoms. The zero-order valence-corrected chi connectivity index (χ0v) is 12.1. The van der Waals surface area contributed by atoms with E-state index in [2.05, 4.69) is 0 Å². The van der Waals surface area contributed by atoms with Gasteiger partial charge in [-0.2, -0.15) is 0 Å². The molecule has 2 rings (SSSR count). The number of hydrogen-bond donors (Lipinski definition) is 1. The summed E-state index contributed by atoms with van der Waals surface area (Å²) in [5.41, 5.74) is 7.79. The highest BCUT2D eigenvalue weighted by atomic mass is 35.5. The first kappa shape index (κ1) is 14.2. The summed E-state index contributed by atoms with van der Waals surface area (Å²) in [5, 5.41) is 1.26. The normalized spacial score (nSPS) is 12.2. The van der Waals surface area contributed by atoms with E-state index in [0.29, 0.717) is 22.4 Å². The standard InChI is InChI=1S/C15H15Cl2NO/c1-10(18)12-5-6-15(14(17)8-12)19-9-11-3-2-4-13(16)7-11/h2-8,10H,9,18H2,1H3. The van der Waals surface area contributed by atoms with Crippen molar-refractivity contribution in [3.05, 3.63) is 63.6 Å². The number of rotatable bonds is 4. The van der Waals surface area contributed by atoms with E-state index in [9.17, 15) is 0 Å². The van der Waals surface area contributed by atoms with Crippen LogP contribution in [0.15, 0.2) is 42.5 Å². The van der Waals surface area contributed by atoms with Crippen LogP contribution < -0.4 is 10.5 Å². The summed E-state index contributed by atoms with van der Waals surface area (Å²) < 4.78 is 5.68. The Labute approximate surface area is 123 Å². The largest absolute Gasteiger partial charge is 0.487 e. The van der Waals surface area contributed by atoms with Gasteiger partial charge in [0.1, 0.15) is 12.4 Å². The molecule has 0 saturated carbocycles. The van der Waals surface area contributed by atoms with Crippen molar-refractivity contribution in [1.29, 1.82) is 0 Å². The van der Waals surface area contributed by atoms with Crippen LogP contribution in [0.5, 0.6) is 5.75 Å². The maximum atomic E-state index is 6.16. The summed E-state index contributed by atoms with van der Waals surface area (Å²) in [5.74, 6) is 0.644. The van der Waals surface area contributed by atoms with Crippen LogP contribution in [-0.2, 0) is 6.61 Å². The SMILES string of the molecule is CC(N)c1ccc(OCc2cccc(Cl)c2)c(Cl)c1. The van der Waals surface area contributed by atoms with Crippen molar-refractivity contribution in [1.82, 2.24) is 0 Å². The van der Waals surface area contributed by atoms with E-state index in [0.717, 1.165) is 11.1 Å². The second kappa shape index (κ2) is 6.29. The lowest BCUT2D eigenvalue weighted by atomic mass is 10.1. The Bertz CT molecular complexity index is 570. The molecule has 0 aliphatic heterocycles. The lowest BCUT2D eigenvalue weighted by molar-refractivity contribution is 0.306. The number of halogens is 2. The van der Waals surface area contributed by atoms with Crippen LogP contribution in [0.4, 0.5) is 0 Å². The number of benzene rings is 2. The summed E-state index contributed by atoms with van der Waals surface area (Å²) in [6.45, 7) is 2.34. The molecule has 2 N–H and O–H groups in total. The topological polar surface area (TPSA) is 35.2 Å². The molecule has 1 unspecified atom stereocenters. The molecular formula is C15H15Cl2NO. The summed E-state index contributed by atoms with van der Waals surface area (Å²) in [4.78, 5) is 0. The van der Waals surface area contributed by atoms with E-state index in [1.165, 1.54) is 0 Å². The molecule has 0 heterocycles. The third-order valence-electron chi connectivity index (χ3n) is 2.77. The number of hydrogen-bond acceptors (Lipinski definition) is 2. The van der Waals surface area contributed by atoms with Gasteiger partial charge in [0.15, 0.2) is 0 Å². The van der Waals surface area contributed by atoms with Crippen molar-refractivity contribution < 1.29 is 4.74 Å². The number of ether oxygens (including phenoxy) is 1. The summed E-state index contributed by atoms with van der Waals surface area (Å²) >= 11 is 12.1. The molecule has 0 saturated heterocycles.